The minimum absolute atomic E-state index is 0.824. The van der Waals surface area contributed by atoms with E-state index in [-0.39, 0.29) is 0 Å². The summed E-state index contributed by atoms with van der Waals surface area (Å²) in [6.45, 7) is 1.84. The van der Waals surface area contributed by atoms with Gasteiger partial charge in [-0.3, -0.25) is 0 Å². The lowest BCUT2D eigenvalue weighted by Gasteiger charge is -2.10. The van der Waals surface area contributed by atoms with E-state index in [1.54, 1.807) is 14.2 Å². The lowest BCUT2D eigenvalue weighted by molar-refractivity contribution is 0.390. The average molecular weight is 241 g/mol. The summed E-state index contributed by atoms with van der Waals surface area (Å²) < 4.78 is 10.5. The van der Waals surface area contributed by atoms with Crippen molar-refractivity contribution in [1.82, 2.24) is 5.32 Å². The van der Waals surface area contributed by atoms with Gasteiger partial charge in [-0.1, -0.05) is 6.07 Å². The number of hydrogen-bond acceptors (Lipinski definition) is 4. The maximum Gasteiger partial charge on any atom is 0.127 e. The smallest absolute Gasteiger partial charge is 0.127 e. The molecule has 0 heterocycles. The van der Waals surface area contributed by atoms with Gasteiger partial charge in [-0.2, -0.15) is 11.8 Å². The molecule has 0 saturated carbocycles. The molecular formula is C12H19NO2S. The Morgan fingerprint density at radius 2 is 2.06 bits per heavy atom. The van der Waals surface area contributed by atoms with Crippen LogP contribution in [-0.2, 0) is 6.54 Å². The highest BCUT2D eigenvalue weighted by molar-refractivity contribution is 7.98. The highest BCUT2D eigenvalue weighted by atomic mass is 32.2. The fourth-order valence-corrected chi connectivity index (χ4v) is 1.74. The summed E-state index contributed by atoms with van der Waals surface area (Å²) in [5.41, 5.74) is 1.16. The summed E-state index contributed by atoms with van der Waals surface area (Å²) >= 11 is 1.84. The Bertz CT molecular complexity index is 318. The van der Waals surface area contributed by atoms with E-state index >= 15 is 0 Å². The molecule has 0 aliphatic carbocycles. The van der Waals surface area contributed by atoms with Gasteiger partial charge in [0.15, 0.2) is 0 Å². The number of benzene rings is 1. The van der Waals surface area contributed by atoms with Crippen molar-refractivity contribution in [3.63, 3.8) is 0 Å². The van der Waals surface area contributed by atoms with Gasteiger partial charge in [-0.05, 0) is 12.3 Å². The second-order valence-corrected chi connectivity index (χ2v) is 4.33. The quantitative estimate of drug-likeness (QED) is 0.741. The summed E-state index contributed by atoms with van der Waals surface area (Å²) in [7, 11) is 3.34. The number of hydrogen-bond donors (Lipinski definition) is 1. The Morgan fingerprint density at radius 1 is 1.25 bits per heavy atom. The molecule has 0 saturated heterocycles. The average Bonchev–Trinajstić information content (AvgIpc) is 2.34. The molecule has 0 atom stereocenters. The van der Waals surface area contributed by atoms with Crippen molar-refractivity contribution in [2.45, 2.75) is 6.54 Å². The van der Waals surface area contributed by atoms with Gasteiger partial charge in [0.05, 0.1) is 14.2 Å². The van der Waals surface area contributed by atoms with Gasteiger partial charge in [-0.15, -0.1) is 0 Å². The highest BCUT2D eigenvalue weighted by Crippen LogP contribution is 2.24. The molecule has 4 heteroatoms. The van der Waals surface area contributed by atoms with E-state index in [0.717, 1.165) is 35.9 Å². The Labute approximate surface area is 102 Å². The summed E-state index contributed by atoms with van der Waals surface area (Å²) in [4.78, 5) is 0. The summed E-state index contributed by atoms with van der Waals surface area (Å²) in [6.07, 6.45) is 2.11. The summed E-state index contributed by atoms with van der Waals surface area (Å²) in [5, 5.41) is 3.37. The molecule has 90 valence electrons. The Balaban J connectivity index is 2.57. The number of rotatable bonds is 7. The van der Waals surface area contributed by atoms with Crippen molar-refractivity contribution in [2.24, 2.45) is 0 Å². The third-order valence-corrected chi connectivity index (χ3v) is 2.91. The van der Waals surface area contributed by atoms with Crippen LogP contribution in [0.3, 0.4) is 0 Å². The number of ether oxygens (including phenoxy) is 2. The molecule has 0 fully saturated rings. The molecule has 0 aliphatic heterocycles. The Hall–Kier alpha value is -0.870. The first-order valence-corrected chi connectivity index (χ1v) is 6.61. The van der Waals surface area contributed by atoms with Crippen LogP contribution in [0.1, 0.15) is 5.56 Å². The van der Waals surface area contributed by atoms with Crippen LogP contribution < -0.4 is 14.8 Å². The summed E-state index contributed by atoms with van der Waals surface area (Å²) in [5.74, 6) is 2.82. The van der Waals surface area contributed by atoms with Crippen LogP contribution in [0.2, 0.25) is 0 Å². The van der Waals surface area contributed by atoms with Gasteiger partial charge in [-0.25, -0.2) is 0 Å². The Kier molecular flexibility index (Phi) is 6.11. The molecular weight excluding hydrogens is 222 g/mol. The maximum atomic E-state index is 5.32. The number of methoxy groups -OCH3 is 2. The van der Waals surface area contributed by atoms with E-state index in [2.05, 4.69) is 11.6 Å². The van der Waals surface area contributed by atoms with E-state index in [9.17, 15) is 0 Å². The third-order valence-electron chi connectivity index (χ3n) is 2.29. The molecule has 0 aliphatic rings. The van der Waals surface area contributed by atoms with E-state index in [0.29, 0.717) is 0 Å². The molecule has 3 nitrogen and oxygen atoms in total. The second kappa shape index (κ2) is 7.41. The van der Waals surface area contributed by atoms with E-state index < -0.39 is 0 Å². The van der Waals surface area contributed by atoms with Gasteiger partial charge in [0.1, 0.15) is 11.5 Å². The SMILES string of the molecule is COc1ccc(CNCCSC)c(OC)c1. The zero-order chi connectivity index (χ0) is 11.8. The fraction of sp³-hybridized carbons (Fsp3) is 0.500. The van der Waals surface area contributed by atoms with Crippen molar-refractivity contribution in [1.29, 1.82) is 0 Å². The number of nitrogens with one attached hydrogen (secondary N) is 1. The molecule has 16 heavy (non-hydrogen) atoms. The first-order chi connectivity index (χ1) is 7.81. The monoisotopic (exact) mass is 241 g/mol. The molecule has 0 radical (unpaired) electrons. The first kappa shape index (κ1) is 13.2. The predicted molar refractivity (Wildman–Crippen MR) is 69.6 cm³/mol. The highest BCUT2D eigenvalue weighted by Gasteiger charge is 2.03. The molecule has 1 aromatic rings. The van der Waals surface area contributed by atoms with Crippen LogP contribution in [0.4, 0.5) is 0 Å². The minimum atomic E-state index is 0.824. The van der Waals surface area contributed by atoms with Gasteiger partial charge in [0, 0.05) is 30.5 Å². The molecule has 1 rings (SSSR count). The van der Waals surface area contributed by atoms with Gasteiger partial charge in [0.25, 0.3) is 0 Å². The van der Waals surface area contributed by atoms with Crippen molar-refractivity contribution < 1.29 is 9.47 Å². The molecule has 0 unspecified atom stereocenters. The lowest BCUT2D eigenvalue weighted by Crippen LogP contribution is -2.16. The minimum Gasteiger partial charge on any atom is -0.497 e. The standard InChI is InChI=1S/C12H19NO2S/c1-14-11-5-4-10(12(8-11)15-2)9-13-6-7-16-3/h4-5,8,13H,6-7,9H2,1-3H3. The van der Waals surface area contributed by atoms with Crippen molar-refractivity contribution in [3.05, 3.63) is 23.8 Å². The topological polar surface area (TPSA) is 30.5 Å². The molecule has 0 amide bonds. The van der Waals surface area contributed by atoms with Gasteiger partial charge < -0.3 is 14.8 Å². The normalized spacial score (nSPS) is 10.2. The maximum absolute atomic E-state index is 5.32. The first-order valence-electron chi connectivity index (χ1n) is 5.22. The van der Waals surface area contributed by atoms with Gasteiger partial charge >= 0.3 is 0 Å². The van der Waals surface area contributed by atoms with Crippen LogP contribution >= 0.6 is 11.8 Å². The van der Waals surface area contributed by atoms with Crippen LogP contribution in [0.25, 0.3) is 0 Å². The Morgan fingerprint density at radius 3 is 2.69 bits per heavy atom. The van der Waals surface area contributed by atoms with Crippen molar-refractivity contribution in [3.8, 4) is 11.5 Å². The summed E-state index contributed by atoms with van der Waals surface area (Å²) in [6, 6.07) is 5.89. The van der Waals surface area contributed by atoms with Crippen LogP contribution in [-0.4, -0.2) is 32.8 Å². The zero-order valence-corrected chi connectivity index (χ0v) is 10.9. The lowest BCUT2D eigenvalue weighted by atomic mass is 10.2. The fourth-order valence-electron chi connectivity index (χ4n) is 1.40. The van der Waals surface area contributed by atoms with E-state index in [1.165, 1.54) is 0 Å². The van der Waals surface area contributed by atoms with Crippen molar-refractivity contribution >= 4 is 11.8 Å². The van der Waals surface area contributed by atoms with Gasteiger partial charge in [0.2, 0.25) is 0 Å². The molecule has 1 N–H and O–H groups in total. The van der Waals surface area contributed by atoms with Crippen molar-refractivity contribution in [2.75, 3.05) is 32.8 Å². The third kappa shape index (κ3) is 3.94. The molecule has 1 aromatic carbocycles. The molecule has 0 spiro atoms. The number of thioether (sulfide) groups is 1. The van der Waals surface area contributed by atoms with Crippen LogP contribution in [0, 0.1) is 0 Å². The molecule has 0 bridgehead atoms. The largest absolute Gasteiger partial charge is 0.497 e. The predicted octanol–water partition coefficient (Wildman–Crippen LogP) is 2.16. The van der Waals surface area contributed by atoms with E-state index in [1.807, 2.05) is 30.0 Å². The van der Waals surface area contributed by atoms with E-state index in [4.69, 9.17) is 9.47 Å². The molecule has 0 aromatic heterocycles. The second-order valence-electron chi connectivity index (χ2n) is 3.35. The van der Waals surface area contributed by atoms with Crippen LogP contribution in [0.15, 0.2) is 18.2 Å². The zero-order valence-electron chi connectivity index (χ0n) is 10.1. The van der Waals surface area contributed by atoms with Crippen LogP contribution in [0.5, 0.6) is 11.5 Å².